The van der Waals surface area contributed by atoms with Gasteiger partial charge in [-0.05, 0) is 42.3 Å². The first-order valence-corrected chi connectivity index (χ1v) is 7.81. The van der Waals surface area contributed by atoms with Crippen molar-refractivity contribution in [2.45, 2.75) is 51.5 Å². The lowest BCUT2D eigenvalue weighted by molar-refractivity contribution is 0.201. The number of nitrogens with one attached hydrogen (secondary N) is 1. The van der Waals surface area contributed by atoms with Gasteiger partial charge in [-0.15, -0.1) is 0 Å². The van der Waals surface area contributed by atoms with Gasteiger partial charge in [0, 0.05) is 0 Å². The lowest BCUT2D eigenvalue weighted by Gasteiger charge is -2.29. The molecule has 1 aliphatic rings. The maximum Gasteiger partial charge on any atom is 0.143 e. The number of nitrogens with zero attached hydrogens (tertiary/aromatic N) is 1. The molecule has 1 aliphatic carbocycles. The fourth-order valence-electron chi connectivity index (χ4n) is 2.77. The number of benzene rings is 1. The average Bonchev–Trinajstić information content (AvgIpc) is 3.28. The molecule has 0 amide bonds. The van der Waals surface area contributed by atoms with Crippen LogP contribution in [-0.2, 0) is 5.41 Å². The van der Waals surface area contributed by atoms with Gasteiger partial charge in [0.2, 0.25) is 0 Å². The zero-order chi connectivity index (χ0) is 15.5. The second-order valence-electron chi connectivity index (χ2n) is 6.92. The van der Waals surface area contributed by atoms with Gasteiger partial charge in [-0.25, -0.2) is 0 Å². The van der Waals surface area contributed by atoms with Crippen molar-refractivity contribution in [3.63, 3.8) is 0 Å². The Kier molecular flexibility index (Phi) is 4.58. The van der Waals surface area contributed by atoms with Gasteiger partial charge in [0.05, 0.1) is 6.07 Å². The third-order valence-corrected chi connectivity index (χ3v) is 4.12. The van der Waals surface area contributed by atoms with E-state index in [-0.39, 0.29) is 5.41 Å². The van der Waals surface area contributed by atoms with Crippen LogP contribution in [0.25, 0.3) is 0 Å². The van der Waals surface area contributed by atoms with Gasteiger partial charge in [-0.1, -0.05) is 45.9 Å². The van der Waals surface area contributed by atoms with Gasteiger partial charge in [0.25, 0.3) is 0 Å². The van der Waals surface area contributed by atoms with E-state index in [1.54, 1.807) is 0 Å². The van der Waals surface area contributed by atoms with E-state index in [0.29, 0.717) is 12.5 Å². The fourth-order valence-corrected chi connectivity index (χ4v) is 2.77. The van der Waals surface area contributed by atoms with Crippen LogP contribution in [0.4, 0.5) is 0 Å². The van der Waals surface area contributed by atoms with E-state index in [0.717, 1.165) is 25.1 Å². The van der Waals surface area contributed by atoms with Crippen LogP contribution in [0.5, 0.6) is 5.75 Å². The zero-order valence-corrected chi connectivity index (χ0v) is 13.6. The van der Waals surface area contributed by atoms with Crippen molar-refractivity contribution >= 4 is 0 Å². The molecule has 0 radical (unpaired) electrons. The first-order valence-electron chi connectivity index (χ1n) is 7.81. The summed E-state index contributed by atoms with van der Waals surface area (Å²) in [5.41, 5.74) is 0.674. The Morgan fingerprint density at radius 2 is 1.95 bits per heavy atom. The van der Waals surface area contributed by atoms with Crippen molar-refractivity contribution in [2.24, 2.45) is 5.92 Å². The summed E-state index contributed by atoms with van der Waals surface area (Å²) >= 11 is 0. The highest BCUT2D eigenvalue weighted by atomic mass is 16.5. The molecule has 0 saturated heterocycles. The summed E-state index contributed by atoms with van der Waals surface area (Å²) in [4.78, 5) is 0. The molecule has 0 heterocycles. The minimum atomic E-state index is -0.542. The number of rotatable bonds is 6. The van der Waals surface area contributed by atoms with Gasteiger partial charge in [-0.2, -0.15) is 5.26 Å². The normalized spacial score (nSPS) is 17.9. The van der Waals surface area contributed by atoms with Crippen molar-refractivity contribution in [1.29, 1.82) is 5.26 Å². The van der Waals surface area contributed by atoms with Crippen LogP contribution in [0.1, 0.15) is 46.1 Å². The summed E-state index contributed by atoms with van der Waals surface area (Å²) in [6, 6.07) is 10.6. The van der Waals surface area contributed by atoms with Crippen LogP contribution in [0.2, 0.25) is 0 Å². The Hall–Kier alpha value is -1.53. The number of likely N-dealkylation sites (N-methyl/N-ethyl adjacent to an activating group) is 1. The molecule has 1 atom stereocenters. The van der Waals surface area contributed by atoms with E-state index in [1.807, 2.05) is 25.1 Å². The molecule has 1 unspecified atom stereocenters. The minimum Gasteiger partial charge on any atom is -0.490 e. The Labute approximate surface area is 128 Å². The minimum absolute atomic E-state index is 0.0314. The topological polar surface area (TPSA) is 45.0 Å². The first-order chi connectivity index (χ1) is 9.93. The molecule has 1 saturated carbocycles. The molecule has 1 fully saturated rings. The third-order valence-electron chi connectivity index (χ3n) is 4.12. The molecule has 114 valence electrons. The van der Waals surface area contributed by atoms with Crippen molar-refractivity contribution in [1.82, 2.24) is 5.32 Å². The van der Waals surface area contributed by atoms with Crippen LogP contribution in [0.3, 0.4) is 0 Å². The molecular weight excluding hydrogens is 260 g/mol. The van der Waals surface area contributed by atoms with E-state index in [2.05, 4.69) is 38.2 Å². The fraction of sp³-hybridized carbons (Fsp3) is 0.611. The van der Waals surface area contributed by atoms with Crippen molar-refractivity contribution < 1.29 is 4.74 Å². The Morgan fingerprint density at radius 1 is 1.29 bits per heavy atom. The maximum atomic E-state index is 9.63. The lowest BCUT2D eigenvalue weighted by Crippen LogP contribution is -2.51. The maximum absolute atomic E-state index is 9.63. The van der Waals surface area contributed by atoms with Crippen LogP contribution >= 0.6 is 0 Å². The van der Waals surface area contributed by atoms with E-state index in [9.17, 15) is 5.26 Å². The Morgan fingerprint density at radius 3 is 2.48 bits per heavy atom. The largest absolute Gasteiger partial charge is 0.490 e. The van der Waals surface area contributed by atoms with E-state index < -0.39 is 5.54 Å². The summed E-state index contributed by atoms with van der Waals surface area (Å²) in [7, 11) is 0. The molecule has 0 bridgehead atoms. The molecular formula is C18H26N2O. The standard InChI is InChI=1S/C18H26N2O/c1-5-20-18(12-19,14-10-11-14)13-21-16-9-7-6-8-15(16)17(2,3)4/h6-9,14,20H,5,10-11,13H2,1-4H3. The molecule has 1 aromatic rings. The molecule has 3 nitrogen and oxygen atoms in total. The quantitative estimate of drug-likeness (QED) is 0.868. The predicted octanol–water partition coefficient (Wildman–Crippen LogP) is 3.64. The van der Waals surface area contributed by atoms with Crippen molar-refractivity contribution in [3.8, 4) is 11.8 Å². The number of para-hydroxylation sites is 1. The van der Waals surface area contributed by atoms with Crippen LogP contribution in [0, 0.1) is 17.2 Å². The highest BCUT2D eigenvalue weighted by Crippen LogP contribution is 2.40. The zero-order valence-electron chi connectivity index (χ0n) is 13.6. The SMILES string of the molecule is CCNC(C#N)(COc1ccccc1C(C)(C)C)C1CC1. The molecule has 21 heavy (non-hydrogen) atoms. The molecule has 0 aromatic heterocycles. The van der Waals surface area contributed by atoms with Gasteiger partial charge in [0.15, 0.2) is 0 Å². The number of hydrogen-bond acceptors (Lipinski definition) is 3. The second kappa shape index (κ2) is 6.07. The smallest absolute Gasteiger partial charge is 0.143 e. The first kappa shape index (κ1) is 15.9. The Bertz CT molecular complexity index is 523. The van der Waals surface area contributed by atoms with Crippen LogP contribution in [-0.4, -0.2) is 18.7 Å². The predicted molar refractivity (Wildman–Crippen MR) is 85.4 cm³/mol. The summed E-state index contributed by atoms with van der Waals surface area (Å²) in [5.74, 6) is 1.31. The van der Waals surface area contributed by atoms with Gasteiger partial charge in [0.1, 0.15) is 17.9 Å². The van der Waals surface area contributed by atoms with Crippen molar-refractivity contribution in [3.05, 3.63) is 29.8 Å². The van der Waals surface area contributed by atoms with E-state index >= 15 is 0 Å². The monoisotopic (exact) mass is 286 g/mol. The van der Waals surface area contributed by atoms with Gasteiger partial charge in [-0.3, -0.25) is 5.32 Å². The van der Waals surface area contributed by atoms with Crippen LogP contribution in [0.15, 0.2) is 24.3 Å². The van der Waals surface area contributed by atoms with Crippen LogP contribution < -0.4 is 10.1 Å². The van der Waals surface area contributed by atoms with Gasteiger partial charge < -0.3 is 4.74 Å². The number of ether oxygens (including phenoxy) is 1. The molecule has 3 heteroatoms. The molecule has 1 N–H and O–H groups in total. The van der Waals surface area contributed by atoms with E-state index in [4.69, 9.17) is 4.74 Å². The molecule has 0 spiro atoms. The summed E-state index contributed by atoms with van der Waals surface area (Å²) in [6.07, 6.45) is 2.23. The summed E-state index contributed by atoms with van der Waals surface area (Å²) in [5, 5.41) is 13.0. The van der Waals surface area contributed by atoms with Gasteiger partial charge >= 0.3 is 0 Å². The average molecular weight is 286 g/mol. The lowest BCUT2D eigenvalue weighted by atomic mass is 9.86. The molecule has 2 rings (SSSR count). The highest BCUT2D eigenvalue weighted by molar-refractivity contribution is 5.38. The number of nitriles is 1. The highest BCUT2D eigenvalue weighted by Gasteiger charge is 2.46. The molecule has 1 aromatic carbocycles. The summed E-state index contributed by atoms with van der Waals surface area (Å²) in [6.45, 7) is 9.77. The third kappa shape index (κ3) is 3.57. The summed E-state index contributed by atoms with van der Waals surface area (Å²) < 4.78 is 6.09. The van der Waals surface area contributed by atoms with E-state index in [1.165, 1.54) is 5.56 Å². The number of hydrogen-bond donors (Lipinski definition) is 1. The van der Waals surface area contributed by atoms with Crippen molar-refractivity contribution in [2.75, 3.05) is 13.2 Å². The second-order valence-corrected chi connectivity index (χ2v) is 6.92. The Balaban J connectivity index is 2.17. The molecule has 0 aliphatic heterocycles.